The highest BCUT2D eigenvalue weighted by Crippen LogP contribution is 2.30. The molecular weight excluding hydrogens is 368 g/mol. The summed E-state index contributed by atoms with van der Waals surface area (Å²) < 4.78 is 0. The Hall–Kier alpha value is -3.82. The fraction of sp³-hybridized carbons (Fsp3) is 0.222. The van der Waals surface area contributed by atoms with E-state index in [0.29, 0.717) is 12.2 Å². The van der Waals surface area contributed by atoms with Gasteiger partial charge in [-0.05, 0) is 36.6 Å². The number of carbonyl (C=O) groups excluding carboxylic acids is 2. The van der Waals surface area contributed by atoms with Crippen LogP contribution >= 0.6 is 0 Å². The van der Waals surface area contributed by atoms with E-state index < -0.39 is 27.1 Å². The Morgan fingerprint density at radius 1 is 1.04 bits per heavy atom. The van der Waals surface area contributed by atoms with Crippen molar-refractivity contribution in [2.24, 2.45) is 0 Å². The number of benzene rings is 2. The zero-order valence-electron chi connectivity index (χ0n) is 14.9. The third kappa shape index (κ3) is 3.80. The van der Waals surface area contributed by atoms with Gasteiger partial charge >= 0.3 is 0 Å². The number of anilines is 2. The number of rotatable bonds is 4. The van der Waals surface area contributed by atoms with Crippen molar-refractivity contribution in [1.82, 2.24) is 0 Å². The van der Waals surface area contributed by atoms with Gasteiger partial charge in [0.05, 0.1) is 21.5 Å². The van der Waals surface area contributed by atoms with Crippen molar-refractivity contribution in [3.63, 3.8) is 0 Å². The second kappa shape index (κ2) is 7.43. The van der Waals surface area contributed by atoms with Crippen molar-refractivity contribution in [3.05, 3.63) is 67.8 Å². The van der Waals surface area contributed by atoms with Crippen LogP contribution in [0.1, 0.15) is 29.3 Å². The first kappa shape index (κ1) is 19.0. The summed E-state index contributed by atoms with van der Waals surface area (Å²) in [6.07, 6.45) is 1.53. The summed E-state index contributed by atoms with van der Waals surface area (Å²) in [4.78, 5) is 46.2. The number of carbonyl (C=O) groups is 2. The van der Waals surface area contributed by atoms with Gasteiger partial charge in [0.1, 0.15) is 0 Å². The van der Waals surface area contributed by atoms with Gasteiger partial charge in [0.2, 0.25) is 5.91 Å². The summed E-state index contributed by atoms with van der Waals surface area (Å²) in [5, 5.41) is 24.5. The Morgan fingerprint density at radius 2 is 1.68 bits per heavy atom. The van der Waals surface area contributed by atoms with E-state index in [0.717, 1.165) is 42.3 Å². The number of fused-ring (bicyclic) bond motifs is 1. The van der Waals surface area contributed by atoms with Gasteiger partial charge in [0.15, 0.2) is 0 Å². The Labute approximate surface area is 159 Å². The summed E-state index contributed by atoms with van der Waals surface area (Å²) in [6.45, 7) is 2.12. The summed E-state index contributed by atoms with van der Waals surface area (Å²) >= 11 is 0. The van der Waals surface area contributed by atoms with Crippen molar-refractivity contribution in [1.29, 1.82) is 0 Å². The topological polar surface area (TPSA) is 136 Å². The third-order valence-electron chi connectivity index (χ3n) is 4.42. The van der Waals surface area contributed by atoms with E-state index in [1.54, 1.807) is 23.1 Å². The third-order valence-corrected chi connectivity index (χ3v) is 4.42. The molecule has 28 heavy (non-hydrogen) atoms. The minimum atomic E-state index is -0.793. The summed E-state index contributed by atoms with van der Waals surface area (Å²) in [5.41, 5.74) is 0.836. The number of nitrogens with zero attached hydrogens (tertiary/aromatic N) is 3. The molecule has 0 spiro atoms. The van der Waals surface area contributed by atoms with E-state index in [1.165, 1.54) is 6.92 Å². The number of nitro benzene ring substituents is 2. The van der Waals surface area contributed by atoms with Gasteiger partial charge in [-0.15, -0.1) is 0 Å². The average Bonchev–Trinajstić information content (AvgIpc) is 2.66. The van der Waals surface area contributed by atoms with Gasteiger partial charge in [0, 0.05) is 37.0 Å². The molecule has 2 aromatic carbocycles. The van der Waals surface area contributed by atoms with Crippen LogP contribution in [0.3, 0.4) is 0 Å². The van der Waals surface area contributed by atoms with Crippen molar-refractivity contribution in [2.75, 3.05) is 16.8 Å². The molecule has 0 saturated carbocycles. The fourth-order valence-corrected chi connectivity index (χ4v) is 3.14. The molecule has 1 N–H and O–H groups in total. The van der Waals surface area contributed by atoms with Crippen molar-refractivity contribution in [2.45, 2.75) is 19.8 Å². The van der Waals surface area contributed by atoms with E-state index in [4.69, 9.17) is 0 Å². The van der Waals surface area contributed by atoms with Gasteiger partial charge < -0.3 is 10.2 Å². The molecule has 0 fully saturated rings. The highest BCUT2D eigenvalue weighted by atomic mass is 16.6. The maximum absolute atomic E-state index is 12.5. The lowest BCUT2D eigenvalue weighted by molar-refractivity contribution is -0.394. The second-order valence-electron chi connectivity index (χ2n) is 6.32. The molecule has 0 saturated heterocycles. The Morgan fingerprint density at radius 3 is 2.25 bits per heavy atom. The number of hydrogen-bond donors (Lipinski definition) is 1. The monoisotopic (exact) mass is 384 g/mol. The summed E-state index contributed by atoms with van der Waals surface area (Å²) in [7, 11) is 0. The molecule has 10 nitrogen and oxygen atoms in total. The number of nitro groups is 2. The van der Waals surface area contributed by atoms with Crippen molar-refractivity contribution < 1.29 is 19.4 Å². The molecule has 1 aliphatic rings. The molecule has 10 heteroatoms. The first-order valence-electron chi connectivity index (χ1n) is 8.42. The molecule has 0 bridgehead atoms. The van der Waals surface area contributed by atoms with Crippen molar-refractivity contribution >= 4 is 34.6 Å². The fourth-order valence-electron chi connectivity index (χ4n) is 3.14. The first-order chi connectivity index (χ1) is 13.3. The van der Waals surface area contributed by atoms with Gasteiger partial charge in [-0.2, -0.15) is 0 Å². The average molecular weight is 384 g/mol. The molecule has 144 valence electrons. The SMILES string of the molecule is CC(=O)N1CCCc2cc(NC(=O)c3cc([N+](=O)[O-])cc([N+](=O)[O-])c3)ccc21. The molecule has 0 radical (unpaired) electrons. The maximum atomic E-state index is 12.5. The molecule has 0 aliphatic carbocycles. The van der Waals surface area contributed by atoms with Crippen LogP contribution in [0.15, 0.2) is 36.4 Å². The molecular formula is C18H16N4O6. The second-order valence-corrected chi connectivity index (χ2v) is 6.32. The Bertz CT molecular complexity index is 971. The highest BCUT2D eigenvalue weighted by Gasteiger charge is 2.22. The standard InChI is InChI=1S/C18H16N4O6/c1-11(23)20-6-2-3-12-7-14(4-5-17(12)20)19-18(24)13-8-15(21(25)26)10-16(9-13)22(27)28/h4-5,7-10H,2-3,6H2,1H3,(H,19,24). The van der Waals surface area contributed by atoms with Gasteiger partial charge in [0.25, 0.3) is 17.3 Å². The predicted octanol–water partition coefficient (Wildman–Crippen LogP) is 3.05. The highest BCUT2D eigenvalue weighted by molar-refractivity contribution is 6.05. The molecule has 2 amide bonds. The van der Waals surface area contributed by atoms with Gasteiger partial charge in [-0.1, -0.05) is 0 Å². The van der Waals surface area contributed by atoms with E-state index in [-0.39, 0.29) is 11.5 Å². The summed E-state index contributed by atoms with van der Waals surface area (Å²) in [6, 6.07) is 7.84. The lowest BCUT2D eigenvalue weighted by Crippen LogP contribution is -2.33. The molecule has 1 aliphatic heterocycles. The Kier molecular flexibility index (Phi) is 5.03. The molecule has 0 aromatic heterocycles. The largest absolute Gasteiger partial charge is 0.322 e. The Balaban J connectivity index is 1.88. The zero-order chi connectivity index (χ0) is 20.4. The molecule has 1 heterocycles. The normalized spacial score (nSPS) is 12.8. The molecule has 3 rings (SSSR count). The molecule has 0 atom stereocenters. The van der Waals surface area contributed by atoms with E-state index in [1.807, 2.05) is 0 Å². The van der Waals surface area contributed by atoms with Crippen LogP contribution < -0.4 is 10.2 Å². The number of aryl methyl sites for hydroxylation is 1. The van der Waals surface area contributed by atoms with Crippen molar-refractivity contribution in [3.8, 4) is 0 Å². The van der Waals surface area contributed by atoms with E-state index in [9.17, 15) is 29.8 Å². The van der Waals surface area contributed by atoms with Crippen LogP contribution in [0.2, 0.25) is 0 Å². The van der Waals surface area contributed by atoms with E-state index >= 15 is 0 Å². The maximum Gasteiger partial charge on any atom is 0.277 e. The smallest absolute Gasteiger partial charge is 0.277 e. The number of non-ortho nitro benzene ring substituents is 2. The van der Waals surface area contributed by atoms with Gasteiger partial charge in [-0.25, -0.2) is 0 Å². The summed E-state index contributed by atoms with van der Waals surface area (Å²) in [5.74, 6) is -0.771. The molecule has 0 unspecified atom stereocenters. The van der Waals surface area contributed by atoms with Crippen LogP contribution in [0, 0.1) is 20.2 Å². The predicted molar refractivity (Wildman–Crippen MR) is 100 cm³/mol. The van der Waals surface area contributed by atoms with Crippen LogP contribution in [0.4, 0.5) is 22.7 Å². The number of amides is 2. The zero-order valence-corrected chi connectivity index (χ0v) is 14.9. The molecule has 2 aromatic rings. The number of nitrogens with one attached hydrogen (secondary N) is 1. The van der Waals surface area contributed by atoms with E-state index in [2.05, 4.69) is 5.32 Å². The lowest BCUT2D eigenvalue weighted by Gasteiger charge is -2.29. The van der Waals surface area contributed by atoms with Gasteiger partial charge in [-0.3, -0.25) is 29.8 Å². The van der Waals surface area contributed by atoms with Crippen LogP contribution in [0.25, 0.3) is 0 Å². The van der Waals surface area contributed by atoms with Crippen LogP contribution in [-0.4, -0.2) is 28.2 Å². The quantitative estimate of drug-likeness (QED) is 0.635. The minimum absolute atomic E-state index is 0.0679. The first-order valence-corrected chi connectivity index (χ1v) is 8.42. The lowest BCUT2D eigenvalue weighted by atomic mass is 10.0. The van der Waals surface area contributed by atoms with Crippen LogP contribution in [-0.2, 0) is 11.2 Å². The number of hydrogen-bond acceptors (Lipinski definition) is 6. The minimum Gasteiger partial charge on any atom is -0.322 e. The van der Waals surface area contributed by atoms with Crippen LogP contribution in [0.5, 0.6) is 0 Å².